The van der Waals surface area contributed by atoms with Crippen LogP contribution in [-0.4, -0.2) is 19.9 Å². The molecule has 5 nitrogen and oxygen atoms in total. The Morgan fingerprint density at radius 1 is 0.311 bits per heavy atom. The molecule has 0 aliphatic rings. The van der Waals surface area contributed by atoms with Gasteiger partial charge in [0, 0.05) is 33.0 Å². The van der Waals surface area contributed by atoms with Crippen molar-refractivity contribution in [1.82, 2.24) is 19.9 Å². The Hall–Kier alpha value is -8.28. The van der Waals surface area contributed by atoms with Crippen molar-refractivity contribution in [2.75, 3.05) is 0 Å². The number of hydrogen-bond acceptors (Lipinski definition) is 5. The van der Waals surface area contributed by atoms with Crippen LogP contribution in [0.25, 0.3) is 122 Å². The monoisotopic (exact) mass is 778 g/mol. The molecule has 12 aromatic rings. The molecule has 0 amide bonds. The highest BCUT2D eigenvalue weighted by Gasteiger charge is 2.19. The molecule has 284 valence electrons. The van der Waals surface area contributed by atoms with Crippen molar-refractivity contribution < 1.29 is 4.42 Å². The van der Waals surface area contributed by atoms with Gasteiger partial charge in [-0.2, -0.15) is 0 Å². The minimum absolute atomic E-state index is 0.611. The SMILES string of the molecule is c1ccc(-c2nc(-c3ccccc3)nc(-c3cccc(-c4ccc5c(c4)nc(-c4ccc(-c6cc7ccccc7c7ccccc67)cc4)c4c6ccccc6oc54)c3)n2)cc1. The lowest BCUT2D eigenvalue weighted by Gasteiger charge is -2.12. The Balaban J connectivity index is 0.983. The molecule has 0 bridgehead atoms. The summed E-state index contributed by atoms with van der Waals surface area (Å²) in [5, 5.41) is 8.01. The number of furan rings is 1. The normalized spacial score (nSPS) is 11.6. The number of aromatic nitrogens is 4. The van der Waals surface area contributed by atoms with Crippen molar-refractivity contribution in [3.8, 4) is 67.7 Å². The quantitative estimate of drug-likeness (QED) is 0.157. The molecule has 0 N–H and O–H groups in total. The molecule has 0 fully saturated rings. The molecule has 0 saturated heterocycles. The molecule has 0 radical (unpaired) electrons. The van der Waals surface area contributed by atoms with Gasteiger partial charge in [-0.3, -0.25) is 0 Å². The zero-order chi connectivity index (χ0) is 40.3. The summed E-state index contributed by atoms with van der Waals surface area (Å²) in [6.45, 7) is 0. The number of nitrogens with zero attached hydrogens (tertiary/aromatic N) is 4. The second kappa shape index (κ2) is 14.2. The number of pyridine rings is 1. The molecular weight excluding hydrogens is 745 g/mol. The topological polar surface area (TPSA) is 64.7 Å². The summed E-state index contributed by atoms with van der Waals surface area (Å²) in [6, 6.07) is 71.7. The molecule has 0 aliphatic heterocycles. The van der Waals surface area contributed by atoms with E-state index in [2.05, 4.69) is 133 Å². The van der Waals surface area contributed by atoms with Gasteiger partial charge in [0.15, 0.2) is 17.5 Å². The number of hydrogen-bond donors (Lipinski definition) is 0. The summed E-state index contributed by atoms with van der Waals surface area (Å²) in [5.41, 5.74) is 11.6. The van der Waals surface area contributed by atoms with Crippen molar-refractivity contribution in [3.63, 3.8) is 0 Å². The van der Waals surface area contributed by atoms with E-state index < -0.39 is 0 Å². The molecular formula is C56H34N4O. The van der Waals surface area contributed by atoms with Crippen LogP contribution >= 0.6 is 0 Å². The molecule has 61 heavy (non-hydrogen) atoms. The molecule has 0 saturated carbocycles. The van der Waals surface area contributed by atoms with Gasteiger partial charge >= 0.3 is 0 Å². The average Bonchev–Trinajstić information content (AvgIpc) is 3.74. The van der Waals surface area contributed by atoms with Crippen molar-refractivity contribution in [2.45, 2.75) is 0 Å². The lowest BCUT2D eigenvalue weighted by atomic mass is 9.92. The summed E-state index contributed by atoms with van der Waals surface area (Å²) in [4.78, 5) is 20.3. The van der Waals surface area contributed by atoms with E-state index in [0.29, 0.717) is 17.5 Å². The molecule has 12 rings (SSSR count). The molecule has 5 heteroatoms. The van der Waals surface area contributed by atoms with Crippen LogP contribution in [0.4, 0.5) is 0 Å². The van der Waals surface area contributed by atoms with Crippen molar-refractivity contribution in [3.05, 3.63) is 206 Å². The Bertz CT molecular complexity index is 3580. The summed E-state index contributed by atoms with van der Waals surface area (Å²) >= 11 is 0. The van der Waals surface area contributed by atoms with Crippen LogP contribution in [-0.2, 0) is 0 Å². The van der Waals surface area contributed by atoms with E-state index in [0.717, 1.165) is 77.5 Å². The first-order valence-electron chi connectivity index (χ1n) is 20.5. The highest BCUT2D eigenvalue weighted by atomic mass is 16.3. The van der Waals surface area contributed by atoms with E-state index in [1.54, 1.807) is 0 Å². The summed E-state index contributed by atoms with van der Waals surface area (Å²) < 4.78 is 6.67. The van der Waals surface area contributed by atoms with E-state index in [-0.39, 0.29) is 0 Å². The fraction of sp³-hybridized carbons (Fsp3) is 0. The van der Waals surface area contributed by atoms with Crippen LogP contribution in [0, 0.1) is 0 Å². The van der Waals surface area contributed by atoms with Gasteiger partial charge in [-0.15, -0.1) is 0 Å². The minimum Gasteiger partial charge on any atom is -0.455 e. The average molecular weight is 779 g/mol. The third-order valence-corrected chi connectivity index (χ3v) is 11.7. The lowest BCUT2D eigenvalue weighted by Crippen LogP contribution is -2.00. The molecule has 0 unspecified atom stereocenters. The lowest BCUT2D eigenvalue weighted by molar-refractivity contribution is 0.672. The van der Waals surface area contributed by atoms with Crippen LogP contribution in [0.15, 0.2) is 211 Å². The molecule has 0 spiro atoms. The standard InChI is InChI=1S/C56H34N4O/c1-3-14-37(15-4-1)54-58-55(38-16-5-2-6-17-38)60-56(59-54)42-20-13-19-39(32-42)40-30-31-46-49(34-40)57-52(51-47-24-11-12-25-50(47)61-53(46)51)36-28-26-35(27-29-36)48-33-41-18-7-8-21-43(41)44-22-9-10-23-45(44)48/h1-34H. The summed E-state index contributed by atoms with van der Waals surface area (Å²) in [5.74, 6) is 1.87. The number of fused-ring (bicyclic) bond motifs is 8. The second-order valence-electron chi connectivity index (χ2n) is 15.4. The van der Waals surface area contributed by atoms with Crippen molar-refractivity contribution in [2.24, 2.45) is 0 Å². The van der Waals surface area contributed by atoms with E-state index in [4.69, 9.17) is 24.4 Å². The van der Waals surface area contributed by atoms with Gasteiger partial charge in [-0.1, -0.05) is 176 Å². The molecule has 0 aliphatic carbocycles. The zero-order valence-corrected chi connectivity index (χ0v) is 32.8. The fourth-order valence-electron chi connectivity index (χ4n) is 8.73. The second-order valence-corrected chi connectivity index (χ2v) is 15.4. The minimum atomic E-state index is 0.611. The number of rotatable bonds is 6. The molecule has 3 heterocycles. The van der Waals surface area contributed by atoms with Gasteiger partial charge < -0.3 is 4.42 Å². The Morgan fingerprint density at radius 3 is 1.59 bits per heavy atom. The molecule has 9 aromatic carbocycles. The van der Waals surface area contributed by atoms with E-state index in [9.17, 15) is 0 Å². The van der Waals surface area contributed by atoms with Gasteiger partial charge in [-0.25, -0.2) is 19.9 Å². The van der Waals surface area contributed by atoms with Crippen LogP contribution in [0.1, 0.15) is 0 Å². The number of benzene rings is 9. The van der Waals surface area contributed by atoms with Gasteiger partial charge in [0.25, 0.3) is 0 Å². The van der Waals surface area contributed by atoms with Gasteiger partial charge in [0.2, 0.25) is 0 Å². The fourth-order valence-corrected chi connectivity index (χ4v) is 8.73. The largest absolute Gasteiger partial charge is 0.455 e. The van der Waals surface area contributed by atoms with Gasteiger partial charge in [0.1, 0.15) is 11.2 Å². The smallest absolute Gasteiger partial charge is 0.164 e. The Morgan fingerprint density at radius 2 is 0.852 bits per heavy atom. The van der Waals surface area contributed by atoms with Crippen LogP contribution in [0.2, 0.25) is 0 Å². The van der Waals surface area contributed by atoms with Crippen LogP contribution in [0.3, 0.4) is 0 Å². The summed E-state index contributed by atoms with van der Waals surface area (Å²) in [7, 11) is 0. The number of para-hydroxylation sites is 1. The van der Waals surface area contributed by atoms with E-state index in [1.807, 2.05) is 72.8 Å². The third kappa shape index (κ3) is 6.02. The van der Waals surface area contributed by atoms with Crippen molar-refractivity contribution >= 4 is 54.4 Å². The highest BCUT2D eigenvalue weighted by molar-refractivity contribution is 6.19. The van der Waals surface area contributed by atoms with Crippen molar-refractivity contribution in [1.29, 1.82) is 0 Å². The maximum atomic E-state index is 6.67. The predicted molar refractivity (Wildman–Crippen MR) is 250 cm³/mol. The predicted octanol–water partition coefficient (Wildman–Crippen LogP) is 14.6. The van der Waals surface area contributed by atoms with E-state index in [1.165, 1.54) is 27.1 Å². The Labute approximate surface area is 351 Å². The van der Waals surface area contributed by atoms with Gasteiger partial charge in [-0.05, 0) is 74.1 Å². The first-order valence-corrected chi connectivity index (χ1v) is 20.5. The van der Waals surface area contributed by atoms with Crippen LogP contribution < -0.4 is 0 Å². The Kier molecular flexibility index (Phi) is 8.10. The van der Waals surface area contributed by atoms with Gasteiger partial charge in [0.05, 0.1) is 16.6 Å². The first-order chi connectivity index (χ1) is 30.2. The maximum Gasteiger partial charge on any atom is 0.164 e. The summed E-state index contributed by atoms with van der Waals surface area (Å²) in [6.07, 6.45) is 0. The first kappa shape index (κ1) is 34.7. The highest BCUT2D eigenvalue weighted by Crippen LogP contribution is 2.42. The zero-order valence-electron chi connectivity index (χ0n) is 32.8. The van der Waals surface area contributed by atoms with E-state index >= 15 is 0 Å². The molecule has 0 atom stereocenters. The van der Waals surface area contributed by atoms with Crippen LogP contribution in [0.5, 0.6) is 0 Å². The molecule has 3 aromatic heterocycles. The third-order valence-electron chi connectivity index (χ3n) is 11.7. The maximum absolute atomic E-state index is 6.67.